The maximum atomic E-state index is 12.2. The minimum absolute atomic E-state index is 0.0530. The number of hydrogen-bond donors (Lipinski definition) is 2. The summed E-state index contributed by atoms with van der Waals surface area (Å²) in [7, 11) is 0. The molecule has 2 N–H and O–H groups in total. The van der Waals surface area contributed by atoms with Crippen LogP contribution < -0.4 is 16.2 Å². The number of nitrogens with one attached hydrogen (secondary N) is 2. The molecule has 0 radical (unpaired) electrons. The van der Waals surface area contributed by atoms with Crippen molar-refractivity contribution in [3.63, 3.8) is 0 Å². The maximum absolute atomic E-state index is 12.2. The summed E-state index contributed by atoms with van der Waals surface area (Å²) in [6, 6.07) is 12.3. The smallest absolute Gasteiger partial charge is 0.319 e. The highest BCUT2D eigenvalue weighted by Crippen LogP contribution is 2.18. The molecule has 0 spiro atoms. The summed E-state index contributed by atoms with van der Waals surface area (Å²) in [5.41, 5.74) is 1.26. The molecule has 24 heavy (non-hydrogen) atoms. The van der Waals surface area contributed by atoms with Gasteiger partial charge in [-0.05, 0) is 37.1 Å². The molecule has 0 bridgehead atoms. The summed E-state index contributed by atoms with van der Waals surface area (Å²) >= 11 is 0. The highest BCUT2D eigenvalue weighted by Gasteiger charge is 2.31. The topological polar surface area (TPSA) is 72.4 Å². The van der Waals surface area contributed by atoms with Gasteiger partial charge in [-0.15, -0.1) is 0 Å². The third kappa shape index (κ3) is 4.02. The van der Waals surface area contributed by atoms with Gasteiger partial charge in [0, 0.05) is 24.6 Å². The van der Waals surface area contributed by atoms with Crippen molar-refractivity contribution in [2.24, 2.45) is 0 Å². The Labute approximate surface area is 140 Å². The molecule has 126 valence electrons. The molecule has 2 amide bonds. The molecule has 1 saturated heterocycles. The number of carbonyl (C=O) groups is 1. The zero-order chi connectivity index (χ0) is 17.0. The predicted molar refractivity (Wildman–Crippen MR) is 92.2 cm³/mol. The average molecular weight is 327 g/mol. The van der Waals surface area contributed by atoms with Crippen molar-refractivity contribution in [2.45, 2.75) is 25.4 Å². The fourth-order valence-corrected chi connectivity index (χ4v) is 2.74. The highest BCUT2D eigenvalue weighted by molar-refractivity contribution is 5.89. The molecule has 2 aromatic rings. The minimum atomic E-state index is -0.320. The summed E-state index contributed by atoms with van der Waals surface area (Å²) in [4.78, 5) is 24.0. The van der Waals surface area contributed by atoms with E-state index in [1.54, 1.807) is 16.8 Å². The van der Waals surface area contributed by atoms with Gasteiger partial charge >= 0.3 is 6.03 Å². The van der Waals surface area contributed by atoms with Crippen LogP contribution in [0.4, 0.5) is 10.5 Å². The van der Waals surface area contributed by atoms with Crippen molar-refractivity contribution in [1.82, 2.24) is 9.88 Å². The maximum Gasteiger partial charge on any atom is 0.319 e. The molecule has 1 aliphatic rings. The number of nitrogens with zero attached hydrogens (tertiary/aromatic N) is 1. The van der Waals surface area contributed by atoms with Crippen LogP contribution in [0.15, 0.2) is 53.5 Å². The van der Waals surface area contributed by atoms with Crippen molar-refractivity contribution in [1.29, 1.82) is 0 Å². The van der Waals surface area contributed by atoms with E-state index in [9.17, 15) is 9.59 Å². The lowest BCUT2D eigenvalue weighted by molar-refractivity contribution is 0.172. The van der Waals surface area contributed by atoms with Gasteiger partial charge in [-0.25, -0.2) is 4.79 Å². The molecule has 1 fully saturated rings. The molecule has 1 aliphatic heterocycles. The van der Waals surface area contributed by atoms with Crippen LogP contribution in [-0.2, 0) is 11.3 Å². The second-order valence-corrected chi connectivity index (χ2v) is 6.31. The SMILES string of the molecule is C[C@]1(NC(=O)Nc2cccc(Cn3ccccc3=O)c2)CCOC1. The number of amides is 2. The molecule has 0 unspecified atom stereocenters. The summed E-state index contributed by atoms with van der Waals surface area (Å²) < 4.78 is 6.95. The van der Waals surface area contributed by atoms with Gasteiger partial charge < -0.3 is 19.9 Å². The fourth-order valence-electron chi connectivity index (χ4n) is 2.74. The Morgan fingerprint density at radius 2 is 2.17 bits per heavy atom. The lowest BCUT2D eigenvalue weighted by Crippen LogP contribution is -2.48. The normalized spacial score (nSPS) is 19.9. The molecule has 1 atom stereocenters. The molecule has 6 heteroatoms. The Hall–Kier alpha value is -2.60. The zero-order valence-electron chi connectivity index (χ0n) is 13.6. The van der Waals surface area contributed by atoms with Gasteiger partial charge in [0.25, 0.3) is 5.56 Å². The second kappa shape index (κ2) is 6.88. The number of carbonyl (C=O) groups excluding carboxylic acids is 1. The van der Waals surface area contributed by atoms with Crippen molar-refractivity contribution >= 4 is 11.7 Å². The number of rotatable bonds is 4. The number of urea groups is 1. The van der Waals surface area contributed by atoms with Crippen LogP contribution in [0.1, 0.15) is 18.9 Å². The van der Waals surface area contributed by atoms with Crippen LogP contribution in [-0.4, -0.2) is 29.4 Å². The van der Waals surface area contributed by atoms with Crippen LogP contribution in [0.25, 0.3) is 0 Å². The summed E-state index contributed by atoms with van der Waals surface area (Å²) in [6.45, 7) is 3.62. The van der Waals surface area contributed by atoms with Gasteiger partial charge in [-0.3, -0.25) is 4.79 Å². The van der Waals surface area contributed by atoms with Crippen molar-refractivity contribution in [2.75, 3.05) is 18.5 Å². The van der Waals surface area contributed by atoms with Gasteiger partial charge in [-0.2, -0.15) is 0 Å². The van der Waals surface area contributed by atoms with Gasteiger partial charge in [0.05, 0.1) is 18.7 Å². The molecule has 0 saturated carbocycles. The average Bonchev–Trinajstić information content (AvgIpc) is 2.96. The summed E-state index contributed by atoms with van der Waals surface area (Å²) in [5.74, 6) is 0. The van der Waals surface area contributed by atoms with E-state index in [2.05, 4.69) is 10.6 Å². The van der Waals surface area contributed by atoms with Gasteiger partial charge in [0.1, 0.15) is 0 Å². The Morgan fingerprint density at radius 3 is 2.92 bits per heavy atom. The molecule has 1 aromatic carbocycles. The van der Waals surface area contributed by atoms with Crippen molar-refractivity contribution in [3.05, 3.63) is 64.6 Å². The van der Waals surface area contributed by atoms with Gasteiger partial charge in [0.15, 0.2) is 0 Å². The minimum Gasteiger partial charge on any atom is -0.379 e. The van der Waals surface area contributed by atoms with E-state index in [4.69, 9.17) is 4.74 Å². The van der Waals surface area contributed by atoms with Gasteiger partial charge in [-0.1, -0.05) is 18.2 Å². The second-order valence-electron chi connectivity index (χ2n) is 6.31. The first-order chi connectivity index (χ1) is 11.5. The number of anilines is 1. The lowest BCUT2D eigenvalue weighted by Gasteiger charge is -2.23. The highest BCUT2D eigenvalue weighted by atomic mass is 16.5. The molecule has 3 rings (SSSR count). The molecule has 1 aromatic heterocycles. The van der Waals surface area contributed by atoms with E-state index in [0.717, 1.165) is 12.0 Å². The number of hydrogen-bond acceptors (Lipinski definition) is 3. The monoisotopic (exact) mass is 327 g/mol. The Bertz CT molecular complexity index is 779. The first-order valence-electron chi connectivity index (χ1n) is 7.95. The number of ether oxygens (including phenoxy) is 1. The Balaban J connectivity index is 1.66. The van der Waals surface area contributed by atoms with E-state index in [1.165, 1.54) is 6.07 Å². The summed E-state index contributed by atoms with van der Waals surface area (Å²) in [5, 5.41) is 5.79. The summed E-state index contributed by atoms with van der Waals surface area (Å²) in [6.07, 6.45) is 2.55. The predicted octanol–water partition coefficient (Wildman–Crippen LogP) is 2.20. The molecule has 0 aliphatic carbocycles. The van der Waals surface area contributed by atoms with E-state index in [0.29, 0.717) is 25.4 Å². The largest absolute Gasteiger partial charge is 0.379 e. The lowest BCUT2D eigenvalue weighted by atomic mass is 10.0. The van der Waals surface area contributed by atoms with Gasteiger partial charge in [0.2, 0.25) is 0 Å². The van der Waals surface area contributed by atoms with E-state index in [-0.39, 0.29) is 17.1 Å². The van der Waals surface area contributed by atoms with Crippen LogP contribution in [0, 0.1) is 0 Å². The van der Waals surface area contributed by atoms with E-state index < -0.39 is 0 Å². The van der Waals surface area contributed by atoms with E-state index in [1.807, 2.05) is 37.3 Å². The number of benzene rings is 1. The number of pyridine rings is 1. The Morgan fingerprint density at radius 1 is 1.29 bits per heavy atom. The first-order valence-corrected chi connectivity index (χ1v) is 7.95. The van der Waals surface area contributed by atoms with Crippen LogP contribution >= 0.6 is 0 Å². The molecule has 2 heterocycles. The van der Waals surface area contributed by atoms with Crippen LogP contribution in [0.3, 0.4) is 0 Å². The van der Waals surface area contributed by atoms with Crippen LogP contribution in [0.5, 0.6) is 0 Å². The standard InChI is InChI=1S/C18H21N3O3/c1-18(8-10-24-13-18)20-17(23)19-15-6-4-5-14(11-15)12-21-9-3-2-7-16(21)22/h2-7,9,11H,8,10,12-13H2,1H3,(H2,19,20,23)/t18-/m0/s1. The third-order valence-corrected chi connectivity index (χ3v) is 4.07. The van der Waals surface area contributed by atoms with Crippen molar-refractivity contribution in [3.8, 4) is 0 Å². The Kier molecular flexibility index (Phi) is 4.66. The third-order valence-electron chi connectivity index (χ3n) is 4.07. The van der Waals surface area contributed by atoms with Crippen LogP contribution in [0.2, 0.25) is 0 Å². The quantitative estimate of drug-likeness (QED) is 0.904. The fraction of sp³-hybridized carbons (Fsp3) is 0.333. The van der Waals surface area contributed by atoms with Crippen molar-refractivity contribution < 1.29 is 9.53 Å². The molecule has 6 nitrogen and oxygen atoms in total. The molecular weight excluding hydrogens is 306 g/mol. The van der Waals surface area contributed by atoms with E-state index >= 15 is 0 Å². The molecular formula is C18H21N3O3. The zero-order valence-corrected chi connectivity index (χ0v) is 13.6. The number of aromatic nitrogens is 1. The first kappa shape index (κ1) is 16.3.